The number of hydrogen-bond donors (Lipinski definition) is 0. The van der Waals surface area contributed by atoms with E-state index in [1.807, 2.05) is 30.6 Å². The largest absolute Gasteiger partial charge is 0.464 e. The van der Waals surface area contributed by atoms with E-state index in [0.717, 1.165) is 11.0 Å². The van der Waals surface area contributed by atoms with Crippen molar-refractivity contribution in [1.29, 1.82) is 0 Å². The van der Waals surface area contributed by atoms with Crippen molar-refractivity contribution in [3.05, 3.63) is 48.4 Å². The molecule has 2 aliphatic heterocycles. The van der Waals surface area contributed by atoms with Gasteiger partial charge in [-0.3, -0.25) is 4.79 Å². The smallest absolute Gasteiger partial charge is 0.358 e. The van der Waals surface area contributed by atoms with E-state index in [9.17, 15) is 9.59 Å². The van der Waals surface area contributed by atoms with Gasteiger partial charge in [0.15, 0.2) is 11.5 Å². The standard InChI is InChI=1S/C22H23N5O4/c1-30-20(28)17-6-7-19(25-24-17)26-10-8-22(9-11-26)12-15(31-21(22)29)13-27-14-23-16-4-2-3-5-18(16)27/h2-7,14-15H,8-13H2,1H3. The number of cyclic esters (lactones) is 1. The second-order valence-corrected chi connectivity index (χ2v) is 8.15. The molecule has 2 aliphatic rings. The molecule has 0 N–H and O–H groups in total. The van der Waals surface area contributed by atoms with Gasteiger partial charge in [0.1, 0.15) is 6.10 Å². The Morgan fingerprint density at radius 3 is 2.74 bits per heavy atom. The molecule has 1 aromatic carbocycles. The number of carbonyl (C=O) groups excluding carboxylic acids is 2. The number of benzene rings is 1. The number of hydrogen-bond acceptors (Lipinski definition) is 8. The minimum absolute atomic E-state index is 0.103. The Morgan fingerprint density at radius 2 is 2.00 bits per heavy atom. The van der Waals surface area contributed by atoms with Crippen molar-refractivity contribution in [2.45, 2.75) is 31.9 Å². The first kappa shape index (κ1) is 19.5. The molecule has 5 rings (SSSR count). The Bertz CT molecular complexity index is 1120. The molecule has 2 saturated heterocycles. The van der Waals surface area contributed by atoms with Crippen LogP contribution >= 0.6 is 0 Å². The van der Waals surface area contributed by atoms with E-state index in [4.69, 9.17) is 4.74 Å². The summed E-state index contributed by atoms with van der Waals surface area (Å²) in [6.07, 6.45) is 3.76. The van der Waals surface area contributed by atoms with Gasteiger partial charge in [-0.25, -0.2) is 9.78 Å². The van der Waals surface area contributed by atoms with Gasteiger partial charge in [0, 0.05) is 19.5 Å². The highest BCUT2D eigenvalue weighted by Gasteiger charge is 2.50. The molecule has 1 spiro atoms. The fraction of sp³-hybridized carbons (Fsp3) is 0.409. The molecule has 9 nitrogen and oxygen atoms in total. The van der Waals surface area contributed by atoms with Gasteiger partial charge in [0.25, 0.3) is 0 Å². The third-order valence-electron chi connectivity index (χ3n) is 6.34. The maximum atomic E-state index is 12.8. The van der Waals surface area contributed by atoms with E-state index >= 15 is 0 Å². The van der Waals surface area contributed by atoms with Gasteiger partial charge in [0.2, 0.25) is 0 Å². The number of esters is 2. The summed E-state index contributed by atoms with van der Waals surface area (Å²) < 4.78 is 12.5. The lowest BCUT2D eigenvalue weighted by atomic mass is 9.76. The van der Waals surface area contributed by atoms with Gasteiger partial charge < -0.3 is 18.9 Å². The van der Waals surface area contributed by atoms with Crippen LogP contribution < -0.4 is 4.90 Å². The molecule has 1 unspecified atom stereocenters. The van der Waals surface area contributed by atoms with Crippen LogP contribution in [0.25, 0.3) is 11.0 Å². The third-order valence-corrected chi connectivity index (χ3v) is 6.34. The van der Waals surface area contributed by atoms with E-state index in [0.29, 0.717) is 44.7 Å². The van der Waals surface area contributed by atoms with Crippen LogP contribution in [0.15, 0.2) is 42.7 Å². The summed E-state index contributed by atoms with van der Waals surface area (Å²) in [7, 11) is 1.31. The Balaban J connectivity index is 1.24. The fourth-order valence-corrected chi connectivity index (χ4v) is 4.59. The molecule has 0 radical (unpaired) electrons. The van der Waals surface area contributed by atoms with Crippen LogP contribution in [0.4, 0.5) is 5.82 Å². The van der Waals surface area contributed by atoms with Crippen molar-refractivity contribution >= 4 is 28.8 Å². The van der Waals surface area contributed by atoms with E-state index in [2.05, 4.69) is 29.4 Å². The highest BCUT2D eigenvalue weighted by Crippen LogP contribution is 2.44. The van der Waals surface area contributed by atoms with Gasteiger partial charge in [-0.1, -0.05) is 12.1 Å². The number of piperidine rings is 1. The molecule has 2 aromatic heterocycles. The minimum Gasteiger partial charge on any atom is -0.464 e. The highest BCUT2D eigenvalue weighted by molar-refractivity contribution is 5.87. The maximum Gasteiger partial charge on any atom is 0.358 e. The second-order valence-electron chi connectivity index (χ2n) is 8.15. The Hall–Kier alpha value is -3.49. The number of imidazole rings is 1. The number of para-hydroxylation sites is 2. The van der Waals surface area contributed by atoms with Gasteiger partial charge in [-0.15, -0.1) is 10.2 Å². The highest BCUT2D eigenvalue weighted by atomic mass is 16.6. The molecule has 31 heavy (non-hydrogen) atoms. The number of nitrogens with zero attached hydrogens (tertiary/aromatic N) is 5. The molecule has 2 fully saturated rings. The fourth-order valence-electron chi connectivity index (χ4n) is 4.59. The normalized spacial score (nSPS) is 20.2. The Morgan fingerprint density at radius 1 is 1.19 bits per heavy atom. The average Bonchev–Trinajstić information content (AvgIpc) is 3.35. The Kier molecular flexibility index (Phi) is 4.80. The number of ether oxygens (including phenoxy) is 2. The molecule has 1 atom stereocenters. The topological polar surface area (TPSA) is 99.4 Å². The lowest BCUT2D eigenvalue weighted by Crippen LogP contribution is -2.43. The quantitative estimate of drug-likeness (QED) is 0.591. The molecule has 3 aromatic rings. The van der Waals surface area contributed by atoms with Crippen LogP contribution in [0.2, 0.25) is 0 Å². The summed E-state index contributed by atoms with van der Waals surface area (Å²) >= 11 is 0. The average molecular weight is 421 g/mol. The molecule has 160 valence electrons. The van der Waals surface area contributed by atoms with Gasteiger partial charge in [0.05, 0.1) is 36.4 Å². The first-order valence-electron chi connectivity index (χ1n) is 10.4. The van der Waals surface area contributed by atoms with E-state index in [-0.39, 0.29) is 17.8 Å². The predicted octanol–water partition coefficient (Wildman–Crippen LogP) is 2.22. The number of methoxy groups -OCH3 is 1. The molecule has 0 aliphatic carbocycles. The van der Waals surface area contributed by atoms with Crippen LogP contribution in [-0.4, -0.2) is 58.0 Å². The number of aromatic nitrogens is 4. The summed E-state index contributed by atoms with van der Waals surface area (Å²) in [6.45, 7) is 1.97. The van der Waals surface area contributed by atoms with Crippen molar-refractivity contribution in [3.8, 4) is 0 Å². The van der Waals surface area contributed by atoms with Crippen molar-refractivity contribution in [2.75, 3.05) is 25.1 Å². The number of carbonyl (C=O) groups is 2. The zero-order chi connectivity index (χ0) is 21.4. The number of anilines is 1. The van der Waals surface area contributed by atoms with E-state index < -0.39 is 11.4 Å². The monoisotopic (exact) mass is 421 g/mol. The van der Waals surface area contributed by atoms with Crippen molar-refractivity contribution < 1.29 is 19.1 Å². The first-order chi connectivity index (χ1) is 15.1. The summed E-state index contributed by atoms with van der Waals surface area (Å²) in [5, 5.41) is 8.09. The maximum absolute atomic E-state index is 12.8. The molecular formula is C22H23N5O4. The lowest BCUT2D eigenvalue weighted by molar-refractivity contribution is -0.150. The van der Waals surface area contributed by atoms with Crippen LogP contribution in [0.3, 0.4) is 0 Å². The van der Waals surface area contributed by atoms with Gasteiger partial charge in [-0.05, 0) is 37.1 Å². The van der Waals surface area contributed by atoms with Crippen molar-refractivity contribution in [3.63, 3.8) is 0 Å². The van der Waals surface area contributed by atoms with E-state index in [1.54, 1.807) is 12.1 Å². The lowest BCUT2D eigenvalue weighted by Gasteiger charge is -2.36. The first-order valence-corrected chi connectivity index (χ1v) is 10.4. The number of fused-ring (bicyclic) bond motifs is 1. The molecular weight excluding hydrogens is 398 g/mol. The predicted molar refractivity (Wildman–Crippen MR) is 111 cm³/mol. The zero-order valence-corrected chi connectivity index (χ0v) is 17.2. The summed E-state index contributed by atoms with van der Waals surface area (Å²) in [5.41, 5.74) is 1.71. The summed E-state index contributed by atoms with van der Waals surface area (Å²) in [6, 6.07) is 11.3. The molecule has 0 bridgehead atoms. The second kappa shape index (κ2) is 7.64. The van der Waals surface area contributed by atoms with Crippen molar-refractivity contribution in [1.82, 2.24) is 19.7 Å². The van der Waals surface area contributed by atoms with Crippen LogP contribution in [-0.2, 0) is 20.8 Å². The number of rotatable bonds is 4. The van der Waals surface area contributed by atoms with Crippen LogP contribution in [0, 0.1) is 5.41 Å². The molecule has 9 heteroatoms. The third kappa shape index (κ3) is 3.49. The van der Waals surface area contributed by atoms with Crippen molar-refractivity contribution in [2.24, 2.45) is 5.41 Å². The molecule has 0 saturated carbocycles. The Labute approximate surface area is 179 Å². The van der Waals surface area contributed by atoms with Gasteiger partial charge >= 0.3 is 11.9 Å². The summed E-state index contributed by atoms with van der Waals surface area (Å²) in [5.74, 6) is 0.0751. The van der Waals surface area contributed by atoms with Crippen LogP contribution in [0.1, 0.15) is 29.8 Å². The summed E-state index contributed by atoms with van der Waals surface area (Å²) in [4.78, 5) is 30.8. The zero-order valence-electron chi connectivity index (χ0n) is 17.2. The van der Waals surface area contributed by atoms with E-state index in [1.165, 1.54) is 7.11 Å². The SMILES string of the molecule is COC(=O)c1ccc(N2CCC3(CC2)CC(Cn2cnc4ccccc42)OC3=O)nn1. The van der Waals surface area contributed by atoms with Gasteiger partial charge in [-0.2, -0.15) is 0 Å². The molecule has 0 amide bonds. The molecule has 4 heterocycles. The minimum atomic E-state index is -0.512. The van der Waals surface area contributed by atoms with Crippen LogP contribution in [0.5, 0.6) is 0 Å².